The Morgan fingerprint density at radius 1 is 0.571 bits per heavy atom. The standard InChI is InChI=1S/C27H20O/c1-17-15-16-25-26(18(17)2)27(23-13-7-8-14-24(23)28-25)21-11-5-3-9-19(21)20-10-4-6-12-22(20)27/h3-16H,1-2H3. The molecule has 0 N–H and O–H groups in total. The maximum Gasteiger partial charge on any atom is 0.132 e. The van der Waals surface area contributed by atoms with Gasteiger partial charge < -0.3 is 4.74 Å². The van der Waals surface area contributed by atoms with Crippen LogP contribution in [0.1, 0.15) is 33.4 Å². The highest BCUT2D eigenvalue weighted by Gasteiger charge is 2.51. The topological polar surface area (TPSA) is 9.23 Å². The number of hydrogen-bond donors (Lipinski definition) is 0. The van der Waals surface area contributed by atoms with E-state index < -0.39 is 0 Å². The Morgan fingerprint density at radius 3 is 1.82 bits per heavy atom. The molecule has 0 unspecified atom stereocenters. The summed E-state index contributed by atoms with van der Waals surface area (Å²) in [6.45, 7) is 4.42. The first-order valence-electron chi connectivity index (χ1n) is 9.80. The van der Waals surface area contributed by atoms with Crippen molar-refractivity contribution in [3.05, 3.63) is 118 Å². The summed E-state index contributed by atoms with van der Waals surface area (Å²) < 4.78 is 6.43. The van der Waals surface area contributed by atoms with Crippen molar-refractivity contribution in [3.63, 3.8) is 0 Å². The van der Waals surface area contributed by atoms with Crippen molar-refractivity contribution in [1.82, 2.24) is 0 Å². The zero-order valence-electron chi connectivity index (χ0n) is 16.0. The first kappa shape index (κ1) is 15.7. The first-order chi connectivity index (χ1) is 13.7. The lowest BCUT2D eigenvalue weighted by molar-refractivity contribution is 0.435. The van der Waals surface area contributed by atoms with Crippen molar-refractivity contribution < 1.29 is 4.74 Å². The molecule has 0 aromatic heterocycles. The van der Waals surface area contributed by atoms with E-state index in [1.165, 1.54) is 44.5 Å². The number of rotatable bonds is 0. The molecule has 1 aliphatic carbocycles. The van der Waals surface area contributed by atoms with Crippen LogP contribution >= 0.6 is 0 Å². The maximum absolute atomic E-state index is 6.43. The van der Waals surface area contributed by atoms with Crippen molar-refractivity contribution in [2.75, 3.05) is 0 Å². The predicted molar refractivity (Wildman–Crippen MR) is 113 cm³/mol. The van der Waals surface area contributed by atoms with Crippen molar-refractivity contribution in [1.29, 1.82) is 0 Å². The molecule has 1 spiro atoms. The van der Waals surface area contributed by atoms with E-state index in [1.54, 1.807) is 0 Å². The molecule has 1 heteroatoms. The SMILES string of the molecule is Cc1ccc2c(c1C)C1(c3ccccc3O2)c2ccccc2-c2ccccc21. The van der Waals surface area contributed by atoms with Crippen molar-refractivity contribution in [2.24, 2.45) is 0 Å². The van der Waals surface area contributed by atoms with Gasteiger partial charge in [-0.15, -0.1) is 0 Å². The van der Waals surface area contributed by atoms with E-state index in [4.69, 9.17) is 4.74 Å². The van der Waals surface area contributed by atoms with Gasteiger partial charge in [0, 0.05) is 11.1 Å². The van der Waals surface area contributed by atoms with Crippen LogP contribution in [0.3, 0.4) is 0 Å². The van der Waals surface area contributed by atoms with Gasteiger partial charge in [0.15, 0.2) is 0 Å². The largest absolute Gasteiger partial charge is 0.457 e. The molecule has 4 aromatic carbocycles. The Balaban J connectivity index is 1.89. The van der Waals surface area contributed by atoms with Gasteiger partial charge in [0.05, 0.1) is 5.41 Å². The molecular formula is C27H20O. The number of benzene rings is 4. The van der Waals surface area contributed by atoms with Crippen LogP contribution in [0.25, 0.3) is 11.1 Å². The molecule has 0 saturated heterocycles. The highest BCUT2D eigenvalue weighted by atomic mass is 16.5. The van der Waals surface area contributed by atoms with Crippen LogP contribution in [0.2, 0.25) is 0 Å². The number of hydrogen-bond acceptors (Lipinski definition) is 1. The smallest absolute Gasteiger partial charge is 0.132 e. The van der Waals surface area contributed by atoms with Gasteiger partial charge in [-0.2, -0.15) is 0 Å². The number of fused-ring (bicyclic) bond motifs is 9. The van der Waals surface area contributed by atoms with Gasteiger partial charge in [0.2, 0.25) is 0 Å². The summed E-state index contributed by atoms with van der Waals surface area (Å²) in [7, 11) is 0. The number of ether oxygens (including phenoxy) is 1. The third-order valence-corrected chi connectivity index (χ3v) is 6.54. The molecule has 0 radical (unpaired) electrons. The van der Waals surface area contributed by atoms with Crippen molar-refractivity contribution in [3.8, 4) is 22.6 Å². The van der Waals surface area contributed by atoms with Crippen molar-refractivity contribution in [2.45, 2.75) is 19.3 Å². The lowest BCUT2D eigenvalue weighted by atomic mass is 9.64. The quantitative estimate of drug-likeness (QED) is 0.290. The highest BCUT2D eigenvalue weighted by Crippen LogP contribution is 2.62. The average Bonchev–Trinajstić information content (AvgIpc) is 3.03. The zero-order valence-corrected chi connectivity index (χ0v) is 16.0. The maximum atomic E-state index is 6.43. The summed E-state index contributed by atoms with van der Waals surface area (Å²) >= 11 is 0. The zero-order chi connectivity index (χ0) is 18.9. The summed E-state index contributed by atoms with van der Waals surface area (Å²) in [4.78, 5) is 0. The van der Waals surface area contributed by atoms with Crippen molar-refractivity contribution >= 4 is 0 Å². The summed E-state index contributed by atoms with van der Waals surface area (Å²) in [6, 6.07) is 30.5. The minimum absolute atomic E-state index is 0.340. The van der Waals surface area contributed by atoms with E-state index in [1.807, 2.05) is 0 Å². The monoisotopic (exact) mass is 360 g/mol. The van der Waals surface area contributed by atoms with Gasteiger partial charge in [-0.05, 0) is 59.4 Å². The number of aryl methyl sites for hydroxylation is 1. The molecule has 4 aromatic rings. The number of para-hydroxylation sites is 1. The van der Waals surface area contributed by atoms with E-state index in [0.29, 0.717) is 0 Å². The van der Waals surface area contributed by atoms with E-state index in [-0.39, 0.29) is 5.41 Å². The highest BCUT2D eigenvalue weighted by molar-refractivity contribution is 5.88. The molecule has 1 heterocycles. The fraction of sp³-hybridized carbons (Fsp3) is 0.111. The molecule has 6 rings (SSSR count). The molecule has 2 aliphatic rings. The minimum Gasteiger partial charge on any atom is -0.457 e. The molecule has 134 valence electrons. The lowest BCUT2D eigenvalue weighted by Crippen LogP contribution is -2.33. The molecule has 28 heavy (non-hydrogen) atoms. The fourth-order valence-corrected chi connectivity index (χ4v) is 5.26. The third-order valence-electron chi connectivity index (χ3n) is 6.54. The van der Waals surface area contributed by atoms with Gasteiger partial charge in [-0.25, -0.2) is 0 Å². The lowest BCUT2D eigenvalue weighted by Gasteiger charge is -2.40. The molecule has 0 atom stereocenters. The first-order valence-corrected chi connectivity index (χ1v) is 9.80. The van der Waals surface area contributed by atoms with Crippen LogP contribution in [0.15, 0.2) is 84.9 Å². The van der Waals surface area contributed by atoms with Gasteiger partial charge in [0.1, 0.15) is 11.5 Å². The van der Waals surface area contributed by atoms with E-state index in [9.17, 15) is 0 Å². The fourth-order valence-electron chi connectivity index (χ4n) is 5.26. The third kappa shape index (κ3) is 1.72. The molecule has 0 bridgehead atoms. The van der Waals surface area contributed by atoms with Gasteiger partial charge in [-0.3, -0.25) is 0 Å². The Labute approximate surface area is 165 Å². The summed E-state index contributed by atoms with van der Waals surface area (Å²) in [5.74, 6) is 1.91. The molecule has 0 amide bonds. The van der Waals surface area contributed by atoms with Crippen LogP contribution in [-0.4, -0.2) is 0 Å². The Bertz CT molecular complexity index is 1220. The Hall–Kier alpha value is -3.32. The predicted octanol–water partition coefficient (Wildman–Crippen LogP) is 6.77. The van der Waals surface area contributed by atoms with E-state index in [0.717, 1.165) is 11.5 Å². The minimum atomic E-state index is -0.340. The second-order valence-electron chi connectivity index (χ2n) is 7.82. The molecule has 0 saturated carbocycles. The van der Waals surface area contributed by atoms with Crippen LogP contribution in [-0.2, 0) is 5.41 Å². The second kappa shape index (κ2) is 5.36. The van der Waals surface area contributed by atoms with Gasteiger partial charge in [-0.1, -0.05) is 72.8 Å². The van der Waals surface area contributed by atoms with Crippen LogP contribution in [0.4, 0.5) is 0 Å². The van der Waals surface area contributed by atoms with E-state index >= 15 is 0 Å². The van der Waals surface area contributed by atoms with Gasteiger partial charge in [0.25, 0.3) is 0 Å². The summed E-state index contributed by atoms with van der Waals surface area (Å²) in [6.07, 6.45) is 0. The van der Waals surface area contributed by atoms with Crippen LogP contribution in [0.5, 0.6) is 11.5 Å². The summed E-state index contributed by atoms with van der Waals surface area (Å²) in [5.41, 5.74) is 10.1. The second-order valence-corrected chi connectivity index (χ2v) is 7.82. The van der Waals surface area contributed by atoms with E-state index in [2.05, 4.69) is 98.8 Å². The normalized spacial score (nSPS) is 14.6. The van der Waals surface area contributed by atoms with Crippen LogP contribution < -0.4 is 4.74 Å². The Kier molecular flexibility index (Phi) is 3.01. The molecule has 1 nitrogen and oxygen atoms in total. The molecule has 1 aliphatic heterocycles. The molecular weight excluding hydrogens is 340 g/mol. The Morgan fingerprint density at radius 2 is 1.14 bits per heavy atom. The van der Waals surface area contributed by atoms with Gasteiger partial charge >= 0.3 is 0 Å². The average molecular weight is 360 g/mol. The summed E-state index contributed by atoms with van der Waals surface area (Å²) in [5, 5.41) is 0. The molecule has 0 fully saturated rings. The van der Waals surface area contributed by atoms with Crippen LogP contribution in [0, 0.1) is 13.8 Å².